The molecular formula is C31H38BrN5O4. The first-order chi connectivity index (χ1) is 19.7. The number of amides is 3. The summed E-state index contributed by atoms with van der Waals surface area (Å²) in [6, 6.07) is 12.0. The lowest BCUT2D eigenvalue weighted by atomic mass is 9.88. The Hall–Kier alpha value is -3.24. The van der Waals surface area contributed by atoms with E-state index in [1.807, 2.05) is 43.4 Å². The average molecular weight is 625 g/mol. The van der Waals surface area contributed by atoms with Crippen LogP contribution in [0.2, 0.25) is 0 Å². The van der Waals surface area contributed by atoms with Crippen molar-refractivity contribution < 1.29 is 19.1 Å². The maximum atomic E-state index is 13.0. The summed E-state index contributed by atoms with van der Waals surface area (Å²) in [5.41, 5.74) is 3.32. The van der Waals surface area contributed by atoms with Crippen LogP contribution in [0.25, 0.3) is 10.9 Å². The summed E-state index contributed by atoms with van der Waals surface area (Å²) < 4.78 is 8.80. The lowest BCUT2D eigenvalue weighted by Gasteiger charge is -2.37. The van der Waals surface area contributed by atoms with Gasteiger partial charge in [-0.3, -0.25) is 29.3 Å². The third-order valence-corrected chi connectivity index (χ3v) is 9.29. The maximum absolute atomic E-state index is 13.0. The lowest BCUT2D eigenvalue weighted by molar-refractivity contribution is -0.134. The molecule has 0 bridgehead atoms. The number of carbonyl (C=O) groups is 3. The zero-order valence-electron chi connectivity index (χ0n) is 23.9. The molecule has 3 heterocycles. The van der Waals surface area contributed by atoms with E-state index in [0.29, 0.717) is 49.3 Å². The number of nitrogens with one attached hydrogen (secondary N) is 2. The first-order valence-corrected chi connectivity index (χ1v) is 15.2. The highest BCUT2D eigenvalue weighted by molar-refractivity contribution is 9.10. The first kappa shape index (κ1) is 29.3. The van der Waals surface area contributed by atoms with E-state index >= 15 is 0 Å². The van der Waals surface area contributed by atoms with E-state index < -0.39 is 5.92 Å². The van der Waals surface area contributed by atoms with Crippen molar-refractivity contribution in [3.05, 3.63) is 52.1 Å². The minimum Gasteiger partial charge on any atom is -0.493 e. The molecule has 2 saturated heterocycles. The standard InChI is InChI=1S/C31H38BrN5O4/c1-19-16-21(6-5-15-41-27-8-4-7-25(32)20(27)2)13-14-37(19)18-29(39)33-22-9-10-23-26(17-22)36(3)35-30(23)24-11-12-28(38)34-31(24)40/h4,7-10,17,19,21,24H,5-6,11-16,18H2,1-3H3,(H,33,39)(H,34,38,40)/t19-,21-,24?/m1/s1. The van der Waals surface area contributed by atoms with Crippen LogP contribution in [-0.2, 0) is 21.4 Å². The highest BCUT2D eigenvalue weighted by atomic mass is 79.9. The highest BCUT2D eigenvalue weighted by Crippen LogP contribution is 2.32. The van der Waals surface area contributed by atoms with Crippen molar-refractivity contribution in [3.63, 3.8) is 0 Å². The number of halogens is 1. The van der Waals surface area contributed by atoms with E-state index in [1.54, 1.807) is 4.68 Å². The molecule has 2 N–H and O–H groups in total. The average Bonchev–Trinajstić information content (AvgIpc) is 3.25. The van der Waals surface area contributed by atoms with E-state index in [0.717, 1.165) is 58.9 Å². The van der Waals surface area contributed by atoms with Crippen molar-refractivity contribution in [2.75, 3.05) is 25.0 Å². The molecule has 3 atom stereocenters. The number of rotatable bonds is 9. The molecule has 3 amide bonds. The van der Waals surface area contributed by atoms with Crippen LogP contribution in [0.5, 0.6) is 5.75 Å². The summed E-state index contributed by atoms with van der Waals surface area (Å²) in [5.74, 6) is 0.533. The van der Waals surface area contributed by atoms with Gasteiger partial charge in [0.15, 0.2) is 0 Å². The molecule has 218 valence electrons. The number of nitrogens with zero attached hydrogens (tertiary/aromatic N) is 3. The molecule has 0 saturated carbocycles. The summed E-state index contributed by atoms with van der Waals surface area (Å²) >= 11 is 3.56. The monoisotopic (exact) mass is 623 g/mol. The van der Waals surface area contributed by atoms with Crippen LogP contribution in [0.1, 0.15) is 62.6 Å². The quantitative estimate of drug-likeness (QED) is 0.255. The van der Waals surface area contributed by atoms with Crippen LogP contribution in [0, 0.1) is 12.8 Å². The second-order valence-electron chi connectivity index (χ2n) is 11.4. The number of ether oxygens (including phenoxy) is 1. The molecule has 1 aromatic heterocycles. The molecule has 1 unspecified atom stereocenters. The highest BCUT2D eigenvalue weighted by Gasteiger charge is 2.32. The summed E-state index contributed by atoms with van der Waals surface area (Å²) in [5, 5.41) is 10.9. The Morgan fingerprint density at radius 3 is 2.83 bits per heavy atom. The Labute approximate surface area is 249 Å². The van der Waals surface area contributed by atoms with Crippen molar-refractivity contribution in [3.8, 4) is 5.75 Å². The number of anilines is 1. The van der Waals surface area contributed by atoms with Gasteiger partial charge < -0.3 is 10.1 Å². The molecule has 2 aliphatic heterocycles. The molecule has 0 spiro atoms. The molecule has 0 radical (unpaired) electrons. The number of carbonyl (C=O) groups excluding carboxylic acids is 3. The van der Waals surface area contributed by atoms with Gasteiger partial charge in [-0.2, -0.15) is 5.10 Å². The summed E-state index contributed by atoms with van der Waals surface area (Å²) in [6.45, 7) is 6.23. The van der Waals surface area contributed by atoms with Crippen LogP contribution < -0.4 is 15.4 Å². The maximum Gasteiger partial charge on any atom is 0.238 e. The Bertz CT molecular complexity index is 1450. The van der Waals surface area contributed by atoms with Crippen LogP contribution in [0.3, 0.4) is 0 Å². The fourth-order valence-electron chi connectivity index (χ4n) is 6.07. The molecule has 2 aliphatic rings. The topological polar surface area (TPSA) is 106 Å². The molecule has 0 aliphatic carbocycles. The predicted octanol–water partition coefficient (Wildman–Crippen LogP) is 5.06. The normalized spacial score (nSPS) is 21.6. The van der Waals surface area contributed by atoms with Gasteiger partial charge in [0, 0.05) is 40.6 Å². The van der Waals surface area contributed by atoms with E-state index in [9.17, 15) is 14.4 Å². The second kappa shape index (κ2) is 12.7. The minimum atomic E-state index is -0.454. The third-order valence-electron chi connectivity index (χ3n) is 8.43. The Kier molecular flexibility index (Phi) is 9.09. The predicted molar refractivity (Wildman–Crippen MR) is 162 cm³/mol. The first-order valence-electron chi connectivity index (χ1n) is 14.4. The van der Waals surface area contributed by atoms with Gasteiger partial charge in [0.1, 0.15) is 5.75 Å². The number of aromatic nitrogens is 2. The van der Waals surface area contributed by atoms with E-state index in [1.165, 1.54) is 0 Å². The summed E-state index contributed by atoms with van der Waals surface area (Å²) in [7, 11) is 1.82. The van der Waals surface area contributed by atoms with Crippen molar-refractivity contribution in [1.29, 1.82) is 0 Å². The van der Waals surface area contributed by atoms with Gasteiger partial charge in [0.2, 0.25) is 17.7 Å². The molecule has 3 aromatic rings. The van der Waals surface area contributed by atoms with Gasteiger partial charge in [-0.25, -0.2) is 0 Å². The Morgan fingerprint density at radius 2 is 2.05 bits per heavy atom. The van der Waals surface area contributed by atoms with Crippen LogP contribution >= 0.6 is 15.9 Å². The van der Waals surface area contributed by atoms with Gasteiger partial charge in [-0.15, -0.1) is 0 Å². The summed E-state index contributed by atoms with van der Waals surface area (Å²) in [6.07, 6.45) is 5.06. The number of piperidine rings is 2. The number of likely N-dealkylation sites (tertiary alicyclic amines) is 1. The smallest absolute Gasteiger partial charge is 0.238 e. The zero-order chi connectivity index (χ0) is 29.1. The lowest BCUT2D eigenvalue weighted by Crippen LogP contribution is -2.44. The van der Waals surface area contributed by atoms with E-state index in [-0.39, 0.29) is 17.7 Å². The number of hydrogen-bond acceptors (Lipinski definition) is 6. The van der Waals surface area contributed by atoms with Gasteiger partial charge in [-0.05, 0) is 88.7 Å². The van der Waals surface area contributed by atoms with Crippen molar-refractivity contribution in [1.82, 2.24) is 20.0 Å². The molecule has 10 heteroatoms. The molecule has 5 rings (SSSR count). The van der Waals surface area contributed by atoms with Gasteiger partial charge in [0.25, 0.3) is 0 Å². The van der Waals surface area contributed by atoms with Crippen LogP contribution in [-0.4, -0.2) is 58.1 Å². The molecule has 41 heavy (non-hydrogen) atoms. The van der Waals surface area contributed by atoms with Gasteiger partial charge in [-0.1, -0.05) is 22.0 Å². The van der Waals surface area contributed by atoms with Gasteiger partial charge in [0.05, 0.1) is 30.3 Å². The largest absolute Gasteiger partial charge is 0.493 e. The van der Waals surface area contributed by atoms with Crippen LogP contribution in [0.15, 0.2) is 40.9 Å². The molecule has 9 nitrogen and oxygen atoms in total. The number of imide groups is 1. The van der Waals surface area contributed by atoms with E-state index in [4.69, 9.17) is 4.74 Å². The minimum absolute atomic E-state index is 0.0417. The number of hydrogen-bond donors (Lipinski definition) is 2. The summed E-state index contributed by atoms with van der Waals surface area (Å²) in [4.78, 5) is 39.2. The molecule has 2 aromatic carbocycles. The molecule has 2 fully saturated rings. The third kappa shape index (κ3) is 6.81. The Morgan fingerprint density at radius 1 is 1.22 bits per heavy atom. The second-order valence-corrected chi connectivity index (χ2v) is 12.2. The zero-order valence-corrected chi connectivity index (χ0v) is 25.5. The van der Waals surface area contributed by atoms with E-state index in [2.05, 4.69) is 50.4 Å². The SMILES string of the molecule is Cc1c(Br)cccc1OCCC[C@@H]1CCN(CC(=O)Nc2ccc3c(C4CCC(=O)NC4=O)nn(C)c3c2)[C@H](C)C1. The fourth-order valence-corrected chi connectivity index (χ4v) is 6.42. The van der Waals surface area contributed by atoms with Crippen molar-refractivity contribution in [2.24, 2.45) is 13.0 Å². The Balaban J connectivity index is 1.10. The van der Waals surface area contributed by atoms with Crippen molar-refractivity contribution >= 4 is 50.2 Å². The van der Waals surface area contributed by atoms with Crippen molar-refractivity contribution in [2.45, 2.75) is 64.3 Å². The number of aryl methyl sites for hydroxylation is 1. The van der Waals surface area contributed by atoms with Gasteiger partial charge >= 0.3 is 0 Å². The van der Waals surface area contributed by atoms with Crippen LogP contribution in [0.4, 0.5) is 5.69 Å². The fraction of sp³-hybridized carbons (Fsp3) is 0.484. The molecular weight excluding hydrogens is 586 g/mol. The number of benzene rings is 2. The number of fused-ring (bicyclic) bond motifs is 1.